The number of carbonyl (C=O) groups excluding carboxylic acids is 1. The third kappa shape index (κ3) is 4.36. The summed E-state index contributed by atoms with van der Waals surface area (Å²) in [5.41, 5.74) is 6.52. The minimum atomic E-state index is -2.14. The van der Waals surface area contributed by atoms with Crippen LogP contribution >= 0.6 is 11.6 Å². The van der Waals surface area contributed by atoms with Gasteiger partial charge in [0.2, 0.25) is 5.91 Å². The fraction of sp³-hybridized carbons (Fsp3) is 0.600. The van der Waals surface area contributed by atoms with Crippen LogP contribution in [0.2, 0.25) is 23.2 Å². The van der Waals surface area contributed by atoms with Crippen molar-refractivity contribution in [3.05, 3.63) is 28.3 Å². The van der Waals surface area contributed by atoms with Gasteiger partial charge in [0.05, 0.1) is 28.4 Å². The van der Waals surface area contributed by atoms with Crippen LogP contribution < -0.4 is 16.4 Å². The van der Waals surface area contributed by atoms with Crippen molar-refractivity contribution >= 4 is 31.5 Å². The molecule has 0 aromatic heterocycles. The van der Waals surface area contributed by atoms with Gasteiger partial charge in [0.15, 0.2) is 8.32 Å². The van der Waals surface area contributed by atoms with Crippen LogP contribution in [0.5, 0.6) is 0 Å². The van der Waals surface area contributed by atoms with Crippen LogP contribution in [0.4, 0.5) is 5.69 Å². The Bertz CT molecular complexity index is 801. The second-order valence-electron chi connectivity index (χ2n) is 9.02. The zero-order chi connectivity index (χ0) is 21.3. The predicted octanol–water partition coefficient (Wildman–Crippen LogP) is 3.51. The molecule has 1 saturated heterocycles. The summed E-state index contributed by atoms with van der Waals surface area (Å²) in [5.74, 6) is -0.190. The Balaban J connectivity index is 2.66. The first-order valence-corrected chi connectivity index (χ1v) is 12.8. The van der Waals surface area contributed by atoms with Crippen LogP contribution in [-0.4, -0.2) is 33.4 Å². The molecule has 1 aliphatic heterocycles. The molecule has 4 N–H and O–H groups in total. The maximum Gasteiger partial charge on any atom is 0.217 e. The molecule has 2 rings (SSSR count). The number of hydrogen-bond acceptors (Lipinski definition) is 5. The van der Waals surface area contributed by atoms with Crippen LogP contribution in [0.15, 0.2) is 12.1 Å². The SMILES string of the molecule is CC(=O)N[C@]1(c2cc(C#N)cc(N)c2Cl)CNCC[C@H]1O[Si](C)(C)C(C)(C)C. The summed E-state index contributed by atoms with van der Waals surface area (Å²) in [4.78, 5) is 12.2. The molecule has 1 heterocycles. The van der Waals surface area contributed by atoms with Gasteiger partial charge in [-0.1, -0.05) is 32.4 Å². The molecular formula is C20H31ClN4O2Si. The number of anilines is 1. The molecule has 154 valence electrons. The number of nitrogens with two attached hydrogens (primary N) is 1. The second-order valence-corrected chi connectivity index (χ2v) is 14.2. The molecule has 0 saturated carbocycles. The first kappa shape index (κ1) is 22.7. The van der Waals surface area contributed by atoms with E-state index in [2.05, 4.69) is 50.6 Å². The highest BCUT2D eigenvalue weighted by Gasteiger charge is 2.50. The highest BCUT2D eigenvalue weighted by Crippen LogP contribution is 2.43. The number of benzene rings is 1. The minimum absolute atomic E-state index is 0.0111. The summed E-state index contributed by atoms with van der Waals surface area (Å²) in [6.45, 7) is 13.6. The molecule has 6 nitrogen and oxygen atoms in total. The fourth-order valence-corrected chi connectivity index (χ4v) is 5.04. The number of nitrogens with zero attached hydrogens (tertiary/aromatic N) is 1. The van der Waals surface area contributed by atoms with E-state index in [9.17, 15) is 10.1 Å². The van der Waals surface area contributed by atoms with E-state index in [1.54, 1.807) is 12.1 Å². The Labute approximate surface area is 173 Å². The van der Waals surface area contributed by atoms with Crippen molar-refractivity contribution in [2.45, 2.75) is 63.9 Å². The molecule has 1 aliphatic rings. The lowest BCUT2D eigenvalue weighted by Gasteiger charge is -2.50. The van der Waals surface area contributed by atoms with Crippen molar-refractivity contribution in [1.82, 2.24) is 10.6 Å². The summed E-state index contributed by atoms with van der Waals surface area (Å²) in [6, 6.07) is 5.39. The van der Waals surface area contributed by atoms with E-state index in [0.29, 0.717) is 34.8 Å². The molecule has 28 heavy (non-hydrogen) atoms. The lowest BCUT2D eigenvalue weighted by molar-refractivity contribution is -0.123. The lowest BCUT2D eigenvalue weighted by Crippen LogP contribution is -2.65. The van der Waals surface area contributed by atoms with Crippen LogP contribution in [0.1, 0.15) is 45.2 Å². The van der Waals surface area contributed by atoms with Gasteiger partial charge >= 0.3 is 0 Å². The highest BCUT2D eigenvalue weighted by atomic mass is 35.5. The number of rotatable bonds is 4. The Morgan fingerprint density at radius 3 is 2.64 bits per heavy atom. The average molecular weight is 423 g/mol. The Morgan fingerprint density at radius 1 is 1.46 bits per heavy atom. The van der Waals surface area contributed by atoms with E-state index in [0.717, 1.165) is 6.54 Å². The quantitative estimate of drug-likeness (QED) is 0.509. The molecule has 0 aliphatic carbocycles. The zero-order valence-corrected chi connectivity index (χ0v) is 19.3. The highest BCUT2D eigenvalue weighted by molar-refractivity contribution is 6.74. The van der Waals surface area contributed by atoms with Crippen LogP contribution in [0.25, 0.3) is 0 Å². The Morgan fingerprint density at radius 2 is 2.11 bits per heavy atom. The third-order valence-electron chi connectivity index (χ3n) is 5.89. The number of nitrogen functional groups attached to an aromatic ring is 1. The standard InChI is InChI=1S/C20H31ClN4O2Si/c1-13(26)25-20(15-9-14(11-22)10-16(23)18(15)21)12-24-8-7-17(20)27-28(5,6)19(2,3)4/h9-10,17,24H,7-8,12,23H2,1-6H3,(H,25,26)/t17-,20+/m1/s1. The van der Waals surface area contributed by atoms with Gasteiger partial charge < -0.3 is 20.8 Å². The van der Waals surface area contributed by atoms with Crippen molar-refractivity contribution in [3.63, 3.8) is 0 Å². The Kier molecular flexibility index (Phi) is 6.51. The van der Waals surface area contributed by atoms with Gasteiger partial charge in [-0.15, -0.1) is 0 Å². The van der Waals surface area contributed by atoms with Crippen LogP contribution in [0.3, 0.4) is 0 Å². The maximum atomic E-state index is 12.2. The second kappa shape index (κ2) is 8.03. The summed E-state index contributed by atoms with van der Waals surface area (Å²) in [5, 5.41) is 16.2. The molecule has 1 amide bonds. The Hall–Kier alpha value is -1.59. The summed E-state index contributed by atoms with van der Waals surface area (Å²) in [7, 11) is -2.14. The van der Waals surface area contributed by atoms with E-state index >= 15 is 0 Å². The molecule has 0 unspecified atom stereocenters. The minimum Gasteiger partial charge on any atom is -0.411 e. The fourth-order valence-electron chi connectivity index (χ4n) is 3.38. The first-order valence-electron chi connectivity index (χ1n) is 9.51. The molecule has 0 bridgehead atoms. The maximum absolute atomic E-state index is 12.2. The van der Waals surface area contributed by atoms with Crippen LogP contribution in [0, 0.1) is 11.3 Å². The monoisotopic (exact) mass is 422 g/mol. The number of nitriles is 1. The van der Waals surface area contributed by atoms with Crippen molar-refractivity contribution in [1.29, 1.82) is 5.26 Å². The summed E-state index contributed by atoms with van der Waals surface area (Å²) >= 11 is 6.60. The van der Waals surface area contributed by atoms with E-state index in [-0.39, 0.29) is 17.0 Å². The number of carbonyl (C=O) groups is 1. The summed E-state index contributed by atoms with van der Waals surface area (Å²) < 4.78 is 6.78. The number of nitrogens with one attached hydrogen (secondary N) is 2. The topological polar surface area (TPSA) is 100 Å². The van der Waals surface area contributed by atoms with Gasteiger partial charge in [0, 0.05) is 19.0 Å². The molecule has 2 atom stereocenters. The van der Waals surface area contributed by atoms with Gasteiger partial charge in [-0.3, -0.25) is 4.79 Å². The molecule has 0 radical (unpaired) electrons. The normalized spacial score (nSPS) is 23.1. The first-order chi connectivity index (χ1) is 12.8. The molecular weight excluding hydrogens is 392 g/mol. The number of halogens is 1. The van der Waals surface area contributed by atoms with E-state index in [4.69, 9.17) is 21.8 Å². The van der Waals surface area contributed by atoms with Gasteiger partial charge in [0.1, 0.15) is 5.54 Å². The van der Waals surface area contributed by atoms with E-state index in [1.165, 1.54) is 6.92 Å². The van der Waals surface area contributed by atoms with Gasteiger partial charge in [0.25, 0.3) is 0 Å². The molecule has 1 aromatic carbocycles. The smallest absolute Gasteiger partial charge is 0.217 e. The summed E-state index contributed by atoms with van der Waals surface area (Å²) in [6.07, 6.45) is 0.421. The van der Waals surface area contributed by atoms with E-state index in [1.807, 2.05) is 0 Å². The molecule has 1 aromatic rings. The zero-order valence-electron chi connectivity index (χ0n) is 17.6. The third-order valence-corrected chi connectivity index (χ3v) is 10.8. The van der Waals surface area contributed by atoms with Crippen molar-refractivity contribution in [3.8, 4) is 6.07 Å². The molecule has 8 heteroatoms. The lowest BCUT2D eigenvalue weighted by atomic mass is 9.79. The molecule has 1 fully saturated rings. The van der Waals surface area contributed by atoms with Gasteiger partial charge in [-0.05, 0) is 43.2 Å². The number of piperidine rings is 1. The van der Waals surface area contributed by atoms with Crippen molar-refractivity contribution < 1.29 is 9.22 Å². The van der Waals surface area contributed by atoms with E-state index < -0.39 is 13.9 Å². The van der Waals surface area contributed by atoms with Gasteiger partial charge in [-0.25, -0.2) is 0 Å². The molecule has 0 spiro atoms. The average Bonchev–Trinajstić information content (AvgIpc) is 2.57. The largest absolute Gasteiger partial charge is 0.411 e. The van der Waals surface area contributed by atoms with Gasteiger partial charge in [-0.2, -0.15) is 5.26 Å². The van der Waals surface area contributed by atoms with Crippen molar-refractivity contribution in [2.24, 2.45) is 0 Å². The number of amides is 1. The number of hydrogen-bond donors (Lipinski definition) is 3. The van der Waals surface area contributed by atoms with Crippen LogP contribution in [-0.2, 0) is 14.8 Å². The predicted molar refractivity (Wildman–Crippen MR) is 116 cm³/mol. The van der Waals surface area contributed by atoms with Crippen molar-refractivity contribution in [2.75, 3.05) is 18.8 Å².